The number of carbonyl (C=O) groups is 3. The fourth-order valence-electron chi connectivity index (χ4n) is 2.69. The normalized spacial score (nSPS) is 16.2. The van der Waals surface area contributed by atoms with Gasteiger partial charge in [-0.25, -0.2) is 4.39 Å². The van der Waals surface area contributed by atoms with Crippen LogP contribution in [0, 0.1) is 5.82 Å². The Morgan fingerprint density at radius 2 is 2.12 bits per heavy atom. The Kier molecular flexibility index (Phi) is 5.36. The van der Waals surface area contributed by atoms with Crippen LogP contribution in [0.4, 0.5) is 4.39 Å². The minimum Gasteiger partial charge on any atom is -0.392 e. The molecule has 6 nitrogen and oxygen atoms in total. The minimum atomic E-state index is -0.741. The molecule has 3 N–H and O–H groups in total. The van der Waals surface area contributed by atoms with E-state index in [0.29, 0.717) is 5.56 Å². The maximum absolute atomic E-state index is 13.7. The summed E-state index contributed by atoms with van der Waals surface area (Å²) in [6, 6.07) is 2.22. The third-order valence-corrected chi connectivity index (χ3v) is 4.17. The van der Waals surface area contributed by atoms with Crippen LogP contribution in [0.1, 0.15) is 24.0 Å². The van der Waals surface area contributed by atoms with Crippen LogP contribution in [0.15, 0.2) is 23.8 Å². The van der Waals surface area contributed by atoms with Gasteiger partial charge in [0.1, 0.15) is 12.4 Å². The number of carbonyl (C=O) groups excluding carboxylic acids is 3. The van der Waals surface area contributed by atoms with Gasteiger partial charge in [0.2, 0.25) is 5.91 Å². The molecule has 0 fully saturated rings. The second kappa shape index (κ2) is 7.11. The zero-order valence-corrected chi connectivity index (χ0v) is 13.6. The number of primary amides is 1. The Balaban J connectivity index is 2.45. The first-order chi connectivity index (χ1) is 11.2. The van der Waals surface area contributed by atoms with Gasteiger partial charge in [0.15, 0.2) is 5.78 Å². The molecule has 2 rings (SSSR count). The fraction of sp³-hybridized carbons (Fsp3) is 0.312. The van der Waals surface area contributed by atoms with Gasteiger partial charge in [-0.05, 0) is 23.8 Å². The lowest BCUT2D eigenvalue weighted by molar-refractivity contribution is -0.136. The highest BCUT2D eigenvalue weighted by molar-refractivity contribution is 6.31. The zero-order chi connectivity index (χ0) is 18.0. The third-order valence-electron chi connectivity index (χ3n) is 3.83. The number of amides is 2. The summed E-state index contributed by atoms with van der Waals surface area (Å²) in [6.45, 7) is 0.522. The van der Waals surface area contributed by atoms with Crippen molar-refractivity contribution in [1.29, 1.82) is 0 Å². The number of hydrogen-bond acceptors (Lipinski definition) is 4. The average Bonchev–Trinajstić information content (AvgIpc) is 2.48. The molecular formula is C16H16ClFN2O4. The highest BCUT2D eigenvalue weighted by atomic mass is 35.5. The number of nitrogens with zero attached hydrogens (tertiary/aromatic N) is 1. The molecule has 0 radical (unpaired) electrons. The maximum Gasteiger partial charge on any atom is 0.251 e. The monoisotopic (exact) mass is 354 g/mol. The molecule has 0 saturated heterocycles. The summed E-state index contributed by atoms with van der Waals surface area (Å²) in [5.74, 6) is -2.97. The van der Waals surface area contributed by atoms with Crippen LogP contribution in [0.25, 0.3) is 0 Å². The van der Waals surface area contributed by atoms with Crippen molar-refractivity contribution >= 4 is 29.2 Å². The molecule has 0 aliphatic carbocycles. The van der Waals surface area contributed by atoms with Crippen molar-refractivity contribution in [2.45, 2.75) is 19.4 Å². The minimum absolute atomic E-state index is 0.0310. The lowest BCUT2D eigenvalue weighted by Gasteiger charge is -2.28. The third kappa shape index (κ3) is 3.63. The van der Waals surface area contributed by atoms with Crippen LogP contribution in [0.3, 0.4) is 0 Å². The van der Waals surface area contributed by atoms with Gasteiger partial charge in [0, 0.05) is 22.1 Å². The van der Waals surface area contributed by atoms with Crippen molar-refractivity contribution < 1.29 is 23.9 Å². The van der Waals surface area contributed by atoms with Gasteiger partial charge in [-0.2, -0.15) is 0 Å². The first-order valence-electron chi connectivity index (χ1n) is 7.15. The maximum atomic E-state index is 13.7. The Morgan fingerprint density at radius 1 is 1.46 bits per heavy atom. The molecule has 1 heterocycles. The molecule has 0 bridgehead atoms. The van der Waals surface area contributed by atoms with E-state index in [1.54, 1.807) is 6.92 Å². The van der Waals surface area contributed by atoms with Crippen LogP contribution in [0.2, 0.25) is 5.02 Å². The molecule has 24 heavy (non-hydrogen) atoms. The summed E-state index contributed by atoms with van der Waals surface area (Å²) in [5, 5.41) is 9.51. The van der Waals surface area contributed by atoms with Crippen LogP contribution < -0.4 is 5.73 Å². The van der Waals surface area contributed by atoms with Crippen LogP contribution in [0.5, 0.6) is 0 Å². The smallest absolute Gasteiger partial charge is 0.251 e. The number of aliphatic hydroxyl groups is 1. The summed E-state index contributed by atoms with van der Waals surface area (Å²) in [7, 11) is 0. The van der Waals surface area contributed by atoms with Gasteiger partial charge in [-0.15, -0.1) is 0 Å². The summed E-state index contributed by atoms with van der Waals surface area (Å²) in [4.78, 5) is 36.5. The second-order valence-corrected chi connectivity index (χ2v) is 5.94. The Hall–Kier alpha value is -2.25. The van der Waals surface area contributed by atoms with E-state index in [1.807, 2.05) is 0 Å². The first-order valence-corrected chi connectivity index (χ1v) is 7.53. The highest BCUT2D eigenvalue weighted by Gasteiger charge is 2.32. The molecule has 1 aliphatic heterocycles. The summed E-state index contributed by atoms with van der Waals surface area (Å²) in [5.41, 5.74) is 5.75. The van der Waals surface area contributed by atoms with Gasteiger partial charge in [-0.3, -0.25) is 14.4 Å². The molecule has 0 spiro atoms. The molecule has 1 aromatic rings. The van der Waals surface area contributed by atoms with Gasteiger partial charge >= 0.3 is 0 Å². The number of halogens is 2. The highest BCUT2D eigenvalue weighted by Crippen LogP contribution is 2.33. The number of aliphatic hydroxyl groups excluding tert-OH is 1. The largest absolute Gasteiger partial charge is 0.392 e. The zero-order valence-electron chi connectivity index (χ0n) is 12.9. The molecule has 1 aromatic carbocycles. The van der Waals surface area contributed by atoms with Crippen LogP contribution in [-0.2, 0) is 21.0 Å². The number of ketones is 1. The van der Waals surface area contributed by atoms with Gasteiger partial charge in [0.25, 0.3) is 5.91 Å². The lowest BCUT2D eigenvalue weighted by Crippen LogP contribution is -2.45. The van der Waals surface area contributed by atoms with E-state index in [-0.39, 0.29) is 35.0 Å². The Bertz CT molecular complexity index is 748. The van der Waals surface area contributed by atoms with E-state index < -0.39 is 30.2 Å². The van der Waals surface area contributed by atoms with E-state index in [1.165, 1.54) is 6.08 Å². The van der Waals surface area contributed by atoms with Crippen molar-refractivity contribution in [2.24, 2.45) is 5.73 Å². The summed E-state index contributed by atoms with van der Waals surface area (Å²) in [6.07, 6.45) is 1.17. The van der Waals surface area contributed by atoms with E-state index in [4.69, 9.17) is 17.3 Å². The van der Waals surface area contributed by atoms with Gasteiger partial charge < -0.3 is 15.7 Å². The number of rotatable bonds is 5. The van der Waals surface area contributed by atoms with E-state index in [9.17, 15) is 23.9 Å². The molecule has 128 valence electrons. The lowest BCUT2D eigenvalue weighted by atomic mass is 9.86. The second-order valence-electron chi connectivity index (χ2n) is 5.53. The molecular weight excluding hydrogens is 339 g/mol. The SMILES string of the molecule is CC(C1=CC(=O)CN(CC(N)=O)C1=O)c1cc(F)cc(Cl)c1CO. The number of hydrogen-bond donors (Lipinski definition) is 2. The Morgan fingerprint density at radius 3 is 2.71 bits per heavy atom. The average molecular weight is 355 g/mol. The molecule has 1 atom stereocenters. The topological polar surface area (TPSA) is 101 Å². The predicted octanol–water partition coefficient (Wildman–Crippen LogP) is 0.898. The standard InChI is InChI=1S/C16H16ClFN2O4/c1-8(11-2-9(18)3-14(17)13(11)7-21)12-4-10(22)5-20(16(12)24)6-15(19)23/h2-4,8,21H,5-7H2,1H3,(H2,19,23). The molecule has 1 unspecified atom stereocenters. The number of nitrogens with two attached hydrogens (primary N) is 1. The first kappa shape index (κ1) is 18.1. The van der Waals surface area contributed by atoms with E-state index in [0.717, 1.165) is 17.0 Å². The Labute approximate surface area is 142 Å². The molecule has 1 aliphatic rings. The molecule has 0 aromatic heterocycles. The van der Waals surface area contributed by atoms with Crippen molar-refractivity contribution in [1.82, 2.24) is 4.90 Å². The quantitative estimate of drug-likeness (QED) is 0.820. The summed E-state index contributed by atoms with van der Waals surface area (Å²) < 4.78 is 13.7. The molecule has 2 amide bonds. The van der Waals surface area contributed by atoms with Crippen LogP contribution in [-0.4, -0.2) is 40.7 Å². The fourth-order valence-corrected chi connectivity index (χ4v) is 2.97. The van der Waals surface area contributed by atoms with E-state index in [2.05, 4.69) is 0 Å². The van der Waals surface area contributed by atoms with Crippen molar-refractivity contribution in [3.63, 3.8) is 0 Å². The van der Waals surface area contributed by atoms with Gasteiger partial charge in [-0.1, -0.05) is 18.5 Å². The van der Waals surface area contributed by atoms with E-state index >= 15 is 0 Å². The predicted molar refractivity (Wildman–Crippen MR) is 84.6 cm³/mol. The molecule has 0 saturated carbocycles. The van der Waals surface area contributed by atoms with Crippen molar-refractivity contribution in [3.8, 4) is 0 Å². The van der Waals surface area contributed by atoms with Crippen molar-refractivity contribution in [3.05, 3.63) is 45.7 Å². The molecule has 8 heteroatoms. The number of benzene rings is 1. The van der Waals surface area contributed by atoms with Crippen LogP contribution >= 0.6 is 11.6 Å². The van der Waals surface area contributed by atoms with Crippen molar-refractivity contribution in [2.75, 3.05) is 13.1 Å². The summed E-state index contributed by atoms with van der Waals surface area (Å²) >= 11 is 5.94. The van der Waals surface area contributed by atoms with Gasteiger partial charge in [0.05, 0.1) is 13.2 Å².